The maximum Gasteiger partial charge on any atom is 0.199 e. The van der Waals surface area contributed by atoms with Gasteiger partial charge in [-0.15, -0.1) is 0 Å². The van der Waals surface area contributed by atoms with Crippen molar-refractivity contribution < 1.29 is 23.0 Å². The van der Waals surface area contributed by atoms with Crippen molar-refractivity contribution in [3.05, 3.63) is 41.8 Å². The van der Waals surface area contributed by atoms with Crippen molar-refractivity contribution in [3.8, 4) is 0 Å². The first-order valence-electron chi connectivity index (χ1n) is 7.56. The van der Waals surface area contributed by atoms with Crippen LogP contribution in [0.5, 0.6) is 0 Å². The molecule has 0 saturated carbocycles. The van der Waals surface area contributed by atoms with Crippen molar-refractivity contribution >= 4 is 9.84 Å². The summed E-state index contributed by atoms with van der Waals surface area (Å²) in [5.74, 6) is -0.110. The van der Waals surface area contributed by atoms with Gasteiger partial charge in [0.2, 0.25) is 0 Å². The molecule has 130 valence electrons. The molecule has 0 bridgehead atoms. The van der Waals surface area contributed by atoms with Crippen molar-refractivity contribution in [2.24, 2.45) is 11.8 Å². The molecule has 0 heterocycles. The zero-order valence-electron chi connectivity index (χ0n) is 14.0. The van der Waals surface area contributed by atoms with E-state index < -0.39 is 15.9 Å². The number of benzene rings is 1. The van der Waals surface area contributed by atoms with Crippen LogP contribution in [0.1, 0.15) is 20.8 Å². The van der Waals surface area contributed by atoms with Gasteiger partial charge in [0.25, 0.3) is 0 Å². The summed E-state index contributed by atoms with van der Waals surface area (Å²) in [5.41, 5.74) is 0. The molecule has 0 aliphatic carbocycles. The number of methoxy groups -OCH3 is 1. The maximum absolute atomic E-state index is 12.2. The summed E-state index contributed by atoms with van der Waals surface area (Å²) >= 11 is 0. The quantitative estimate of drug-likeness (QED) is 0.698. The van der Waals surface area contributed by atoms with E-state index in [4.69, 9.17) is 9.47 Å². The smallest absolute Gasteiger partial charge is 0.199 e. The van der Waals surface area contributed by atoms with Gasteiger partial charge < -0.3 is 14.6 Å². The van der Waals surface area contributed by atoms with Gasteiger partial charge in [0.05, 0.1) is 17.1 Å². The summed E-state index contributed by atoms with van der Waals surface area (Å²) in [5, 5.41) is 11.3. The minimum atomic E-state index is -3.56. The first-order valence-corrected chi connectivity index (χ1v) is 9.11. The first-order chi connectivity index (χ1) is 10.8. The molecule has 0 aromatic heterocycles. The number of rotatable bonds is 9. The molecule has 0 fully saturated rings. The molecule has 0 radical (unpaired) electrons. The van der Waals surface area contributed by atoms with Crippen LogP contribution in [0.15, 0.2) is 46.7 Å². The van der Waals surface area contributed by atoms with Crippen molar-refractivity contribution in [2.45, 2.75) is 37.9 Å². The van der Waals surface area contributed by atoms with E-state index in [1.807, 2.05) is 20.8 Å². The Bertz CT molecular complexity index is 580. The summed E-state index contributed by atoms with van der Waals surface area (Å²) in [6.45, 7) is 5.92. The van der Waals surface area contributed by atoms with E-state index in [1.54, 1.807) is 18.2 Å². The SMILES string of the molecule is COCO[C@@H](C(C)C)[C@@H](C)[C@@H](O)/C=C/S(=O)(=O)c1ccccc1. The average Bonchev–Trinajstić information content (AvgIpc) is 2.53. The van der Waals surface area contributed by atoms with Gasteiger partial charge >= 0.3 is 0 Å². The van der Waals surface area contributed by atoms with Crippen molar-refractivity contribution in [1.29, 1.82) is 0 Å². The van der Waals surface area contributed by atoms with Crippen molar-refractivity contribution in [1.82, 2.24) is 0 Å². The van der Waals surface area contributed by atoms with Gasteiger partial charge in [0.1, 0.15) is 6.79 Å². The highest BCUT2D eigenvalue weighted by molar-refractivity contribution is 7.94. The van der Waals surface area contributed by atoms with Gasteiger partial charge in [0, 0.05) is 18.4 Å². The number of sulfone groups is 1. The molecule has 6 heteroatoms. The minimum absolute atomic E-state index is 0.131. The summed E-state index contributed by atoms with van der Waals surface area (Å²) in [4.78, 5) is 0.201. The van der Waals surface area contributed by atoms with Crippen LogP contribution in [0.25, 0.3) is 0 Å². The van der Waals surface area contributed by atoms with E-state index in [0.29, 0.717) is 0 Å². The second kappa shape index (κ2) is 9.17. The predicted octanol–water partition coefficient (Wildman–Crippen LogP) is 2.62. The van der Waals surface area contributed by atoms with Crippen LogP contribution in [-0.4, -0.2) is 39.6 Å². The van der Waals surface area contributed by atoms with Crippen LogP contribution in [0, 0.1) is 11.8 Å². The predicted molar refractivity (Wildman–Crippen MR) is 89.5 cm³/mol. The van der Waals surface area contributed by atoms with Gasteiger partial charge in [0.15, 0.2) is 9.84 Å². The highest BCUT2D eigenvalue weighted by atomic mass is 32.2. The number of hydrogen-bond donors (Lipinski definition) is 1. The molecular formula is C17H26O5S. The highest BCUT2D eigenvalue weighted by Gasteiger charge is 2.26. The van der Waals surface area contributed by atoms with Crippen LogP contribution in [0.2, 0.25) is 0 Å². The summed E-state index contributed by atoms with van der Waals surface area (Å²) in [7, 11) is -2.03. The largest absolute Gasteiger partial charge is 0.389 e. The Balaban J connectivity index is 2.82. The second-order valence-corrected chi connectivity index (χ2v) is 7.65. The van der Waals surface area contributed by atoms with Crippen LogP contribution in [-0.2, 0) is 19.3 Å². The van der Waals surface area contributed by atoms with Crippen molar-refractivity contribution in [3.63, 3.8) is 0 Å². The standard InChI is InChI=1S/C17H26O5S/c1-13(2)17(22-12-21-4)14(3)16(18)10-11-23(19,20)15-8-6-5-7-9-15/h5-11,13-14,16-18H,12H2,1-4H3/b11-10+/t14-,16-,17-/m0/s1. The third kappa shape index (κ3) is 6.06. The van der Waals surface area contributed by atoms with Gasteiger partial charge in [-0.05, 0) is 24.1 Å². The Labute approximate surface area is 138 Å². The van der Waals surface area contributed by atoms with Gasteiger partial charge in [-0.25, -0.2) is 8.42 Å². The lowest BCUT2D eigenvalue weighted by molar-refractivity contribution is -0.117. The minimum Gasteiger partial charge on any atom is -0.389 e. The molecule has 0 aliphatic heterocycles. The molecule has 3 atom stereocenters. The Hall–Kier alpha value is -1.21. The third-order valence-corrected chi connectivity index (χ3v) is 5.06. The molecule has 5 nitrogen and oxygen atoms in total. The fourth-order valence-electron chi connectivity index (χ4n) is 2.34. The molecule has 0 unspecified atom stereocenters. The molecular weight excluding hydrogens is 316 g/mol. The molecule has 1 N–H and O–H groups in total. The molecule has 0 saturated heterocycles. The van der Waals surface area contributed by atoms with Crippen molar-refractivity contribution in [2.75, 3.05) is 13.9 Å². The highest BCUT2D eigenvalue weighted by Crippen LogP contribution is 2.21. The molecule has 0 amide bonds. The zero-order chi connectivity index (χ0) is 17.5. The Morgan fingerprint density at radius 1 is 1.17 bits per heavy atom. The lowest BCUT2D eigenvalue weighted by atomic mass is 9.90. The molecule has 23 heavy (non-hydrogen) atoms. The Kier molecular flexibility index (Phi) is 7.91. The lowest BCUT2D eigenvalue weighted by Crippen LogP contribution is -2.35. The van der Waals surface area contributed by atoms with Crippen LogP contribution >= 0.6 is 0 Å². The monoisotopic (exact) mass is 342 g/mol. The number of aliphatic hydroxyl groups excluding tert-OH is 1. The summed E-state index contributed by atoms with van der Waals surface area (Å²) < 4.78 is 34.9. The number of ether oxygens (including phenoxy) is 2. The Morgan fingerprint density at radius 2 is 1.78 bits per heavy atom. The van der Waals surface area contributed by atoms with E-state index in [2.05, 4.69) is 0 Å². The Morgan fingerprint density at radius 3 is 2.30 bits per heavy atom. The fourth-order valence-corrected chi connectivity index (χ4v) is 3.40. The molecule has 1 aromatic rings. The zero-order valence-corrected chi connectivity index (χ0v) is 14.9. The molecule has 1 aromatic carbocycles. The topological polar surface area (TPSA) is 72.8 Å². The van der Waals surface area contributed by atoms with E-state index in [1.165, 1.54) is 25.3 Å². The lowest BCUT2D eigenvalue weighted by Gasteiger charge is -2.29. The maximum atomic E-state index is 12.2. The van der Waals surface area contributed by atoms with E-state index >= 15 is 0 Å². The summed E-state index contributed by atoms with van der Waals surface area (Å²) in [6, 6.07) is 8.11. The first kappa shape index (κ1) is 19.8. The van der Waals surface area contributed by atoms with Crippen LogP contribution in [0.3, 0.4) is 0 Å². The van der Waals surface area contributed by atoms with Gasteiger partial charge in [-0.1, -0.05) is 39.0 Å². The second-order valence-electron chi connectivity index (χ2n) is 5.82. The summed E-state index contributed by atoms with van der Waals surface area (Å²) in [6.07, 6.45) is 0.130. The molecule has 0 spiro atoms. The van der Waals surface area contributed by atoms with E-state index in [9.17, 15) is 13.5 Å². The number of aliphatic hydroxyl groups is 1. The van der Waals surface area contributed by atoms with Crippen LogP contribution < -0.4 is 0 Å². The normalized spacial score (nSPS) is 16.6. The van der Waals surface area contributed by atoms with Gasteiger partial charge in [-0.2, -0.15) is 0 Å². The molecule has 0 aliphatic rings. The van der Waals surface area contributed by atoms with Crippen LogP contribution in [0.4, 0.5) is 0 Å². The van der Waals surface area contributed by atoms with E-state index in [-0.39, 0.29) is 29.6 Å². The third-order valence-electron chi connectivity index (χ3n) is 3.62. The average molecular weight is 342 g/mol. The van der Waals surface area contributed by atoms with E-state index in [0.717, 1.165) is 5.41 Å². The number of hydrogen-bond acceptors (Lipinski definition) is 5. The van der Waals surface area contributed by atoms with Gasteiger partial charge in [-0.3, -0.25) is 0 Å². The molecule has 1 rings (SSSR count). The fraction of sp³-hybridized carbons (Fsp3) is 0.529.